The van der Waals surface area contributed by atoms with Crippen LogP contribution in [0.25, 0.3) is 0 Å². The Morgan fingerprint density at radius 3 is 2.55 bits per heavy atom. The zero-order valence-electron chi connectivity index (χ0n) is 7.52. The first-order valence-electron chi connectivity index (χ1n) is 5.06. The van der Waals surface area contributed by atoms with Crippen molar-refractivity contribution in [3.8, 4) is 0 Å². The molecule has 1 saturated carbocycles. The lowest BCUT2D eigenvalue weighted by Gasteiger charge is -2.06. The van der Waals surface area contributed by atoms with E-state index in [1.165, 1.54) is 44.9 Å². The molecule has 1 aliphatic carbocycles. The normalized spacial score (nSPS) is 19.4. The minimum Gasteiger partial charge on any atom is -0.0533 e. The molecule has 0 nitrogen and oxygen atoms in total. The first-order valence-corrected chi connectivity index (χ1v) is 5.06. The molecule has 0 aromatic rings. The molecule has 0 N–H and O–H groups in total. The van der Waals surface area contributed by atoms with Crippen LogP contribution >= 0.6 is 0 Å². The Labute approximate surface area is 71.4 Å². The number of hydrogen-bond donors (Lipinski definition) is 0. The van der Waals surface area contributed by atoms with Gasteiger partial charge in [0.2, 0.25) is 0 Å². The number of hydrogen-bond acceptors (Lipinski definition) is 0. The maximum absolute atomic E-state index is 3.84. The molecule has 0 atom stereocenters. The van der Waals surface area contributed by atoms with Gasteiger partial charge in [-0.05, 0) is 18.8 Å². The summed E-state index contributed by atoms with van der Waals surface area (Å²) in [4.78, 5) is 0. The van der Waals surface area contributed by atoms with E-state index < -0.39 is 0 Å². The van der Waals surface area contributed by atoms with Crippen molar-refractivity contribution in [3.05, 3.63) is 13.3 Å². The maximum Gasteiger partial charge on any atom is -0.0355 e. The van der Waals surface area contributed by atoms with Gasteiger partial charge in [-0.15, -0.1) is 0 Å². The van der Waals surface area contributed by atoms with Crippen molar-refractivity contribution in [2.24, 2.45) is 5.92 Å². The Bertz CT molecular complexity index is 80.0. The van der Waals surface area contributed by atoms with Crippen molar-refractivity contribution in [2.75, 3.05) is 0 Å². The summed E-state index contributed by atoms with van der Waals surface area (Å²) in [5.74, 6) is 0.972. The predicted octanol–water partition coefficient (Wildman–Crippen LogP) is 3.78. The second-order valence-corrected chi connectivity index (χ2v) is 3.63. The predicted molar refractivity (Wildman–Crippen MR) is 50.1 cm³/mol. The molecule has 0 aromatic heterocycles. The molecule has 0 saturated heterocycles. The maximum atomic E-state index is 3.84. The van der Waals surface area contributed by atoms with Crippen LogP contribution in [0.1, 0.15) is 51.4 Å². The van der Waals surface area contributed by atoms with Gasteiger partial charge in [0.05, 0.1) is 0 Å². The first kappa shape index (κ1) is 9.09. The third kappa shape index (κ3) is 3.79. The van der Waals surface area contributed by atoms with Crippen molar-refractivity contribution in [1.82, 2.24) is 0 Å². The van der Waals surface area contributed by atoms with Crippen molar-refractivity contribution in [3.63, 3.8) is 0 Å². The molecule has 64 valence electrons. The van der Waals surface area contributed by atoms with E-state index in [4.69, 9.17) is 0 Å². The van der Waals surface area contributed by atoms with Gasteiger partial charge in [-0.1, -0.05) is 51.9 Å². The quantitative estimate of drug-likeness (QED) is 0.526. The van der Waals surface area contributed by atoms with Crippen LogP contribution in [0.3, 0.4) is 0 Å². The van der Waals surface area contributed by atoms with E-state index in [1.807, 2.05) is 0 Å². The van der Waals surface area contributed by atoms with Crippen molar-refractivity contribution in [1.29, 1.82) is 0 Å². The number of unbranched alkanes of at least 4 members (excludes halogenated alkanes) is 3. The average Bonchev–Trinajstić information content (AvgIpc) is 2.50. The van der Waals surface area contributed by atoms with Gasteiger partial charge in [0.25, 0.3) is 0 Å². The van der Waals surface area contributed by atoms with E-state index in [0.29, 0.717) is 0 Å². The Kier molecular flexibility index (Phi) is 4.65. The van der Waals surface area contributed by atoms with Crippen LogP contribution < -0.4 is 0 Å². The standard InChI is InChI=1S/C11H20/c1-2-3-4-5-8-11-9-6-7-10-11/h8,11H,1-7,9-10H2. The Balaban J connectivity index is 1.86. The summed E-state index contributed by atoms with van der Waals surface area (Å²) in [5, 5.41) is 0. The fraction of sp³-hybridized carbons (Fsp3) is 0.818. The van der Waals surface area contributed by atoms with Gasteiger partial charge in [0.1, 0.15) is 0 Å². The molecule has 1 rings (SSSR count). The van der Waals surface area contributed by atoms with E-state index in [9.17, 15) is 0 Å². The van der Waals surface area contributed by atoms with Crippen LogP contribution in [0, 0.1) is 19.3 Å². The summed E-state index contributed by atoms with van der Waals surface area (Å²) >= 11 is 0. The topological polar surface area (TPSA) is 0 Å². The summed E-state index contributed by atoms with van der Waals surface area (Å²) in [6.07, 6.45) is 13.5. The highest BCUT2D eigenvalue weighted by atomic mass is 14.2. The highest BCUT2D eigenvalue weighted by molar-refractivity contribution is 4.80. The lowest BCUT2D eigenvalue weighted by atomic mass is 10.00. The van der Waals surface area contributed by atoms with E-state index >= 15 is 0 Å². The summed E-state index contributed by atoms with van der Waals surface area (Å²) in [7, 11) is 0. The van der Waals surface area contributed by atoms with Crippen LogP contribution in [0.15, 0.2) is 0 Å². The van der Waals surface area contributed by atoms with Gasteiger partial charge in [-0.2, -0.15) is 0 Å². The molecule has 0 aliphatic heterocycles. The van der Waals surface area contributed by atoms with E-state index in [2.05, 4.69) is 13.3 Å². The summed E-state index contributed by atoms with van der Waals surface area (Å²) in [6.45, 7) is 3.84. The van der Waals surface area contributed by atoms with Crippen LogP contribution in [0.5, 0.6) is 0 Å². The van der Waals surface area contributed by atoms with Crippen LogP contribution in [0.2, 0.25) is 0 Å². The third-order valence-corrected chi connectivity index (χ3v) is 2.60. The van der Waals surface area contributed by atoms with Gasteiger partial charge in [0, 0.05) is 0 Å². The minimum atomic E-state index is 0.972. The molecule has 1 aliphatic rings. The van der Waals surface area contributed by atoms with Gasteiger partial charge >= 0.3 is 0 Å². The Morgan fingerprint density at radius 1 is 1.18 bits per heavy atom. The molecule has 0 heteroatoms. The zero-order chi connectivity index (χ0) is 7.94. The lowest BCUT2D eigenvalue weighted by molar-refractivity contribution is 0.582. The summed E-state index contributed by atoms with van der Waals surface area (Å²) < 4.78 is 0. The zero-order valence-corrected chi connectivity index (χ0v) is 7.52. The number of rotatable bonds is 5. The fourth-order valence-electron chi connectivity index (χ4n) is 1.87. The third-order valence-electron chi connectivity index (χ3n) is 2.60. The second-order valence-electron chi connectivity index (χ2n) is 3.63. The van der Waals surface area contributed by atoms with Crippen molar-refractivity contribution in [2.45, 2.75) is 51.4 Å². The molecule has 2 radical (unpaired) electrons. The molecule has 1 fully saturated rings. The van der Waals surface area contributed by atoms with Gasteiger partial charge in [-0.25, -0.2) is 0 Å². The molecule has 11 heavy (non-hydrogen) atoms. The van der Waals surface area contributed by atoms with Gasteiger partial charge in [-0.3, -0.25) is 0 Å². The smallest absolute Gasteiger partial charge is 0.0355 e. The highest BCUT2D eigenvalue weighted by Gasteiger charge is 2.13. The molecule has 0 amide bonds. The minimum absolute atomic E-state index is 0.972. The first-order chi connectivity index (χ1) is 5.43. The SMILES string of the molecule is [CH2]CCCC[CH]C1CCCC1. The van der Waals surface area contributed by atoms with E-state index in [-0.39, 0.29) is 0 Å². The van der Waals surface area contributed by atoms with E-state index in [1.54, 1.807) is 0 Å². The van der Waals surface area contributed by atoms with E-state index in [0.717, 1.165) is 12.3 Å². The fourth-order valence-corrected chi connectivity index (χ4v) is 1.87. The monoisotopic (exact) mass is 152 g/mol. The summed E-state index contributed by atoms with van der Waals surface area (Å²) in [5.41, 5.74) is 0. The highest BCUT2D eigenvalue weighted by Crippen LogP contribution is 2.28. The molecular formula is C11H20. The largest absolute Gasteiger partial charge is 0.0533 e. The molecule has 0 bridgehead atoms. The lowest BCUT2D eigenvalue weighted by Crippen LogP contribution is -1.93. The summed E-state index contributed by atoms with van der Waals surface area (Å²) in [6, 6.07) is 0. The van der Waals surface area contributed by atoms with Crippen molar-refractivity contribution < 1.29 is 0 Å². The Hall–Kier alpha value is 0. The Morgan fingerprint density at radius 2 is 1.91 bits per heavy atom. The van der Waals surface area contributed by atoms with Crippen LogP contribution in [-0.4, -0.2) is 0 Å². The van der Waals surface area contributed by atoms with Gasteiger partial charge in [0.15, 0.2) is 0 Å². The van der Waals surface area contributed by atoms with Crippen molar-refractivity contribution >= 4 is 0 Å². The van der Waals surface area contributed by atoms with Gasteiger partial charge < -0.3 is 0 Å². The van der Waals surface area contributed by atoms with Crippen LogP contribution in [0.4, 0.5) is 0 Å². The molecule has 0 aromatic carbocycles. The van der Waals surface area contributed by atoms with Crippen LogP contribution in [-0.2, 0) is 0 Å². The average molecular weight is 152 g/mol. The molecule has 0 unspecified atom stereocenters. The molecular weight excluding hydrogens is 132 g/mol. The second kappa shape index (κ2) is 5.62. The molecule has 0 heterocycles. The molecule has 0 spiro atoms.